The van der Waals surface area contributed by atoms with Crippen LogP contribution in [0.3, 0.4) is 0 Å². The molecule has 0 aliphatic rings. The average Bonchev–Trinajstić information content (AvgIpc) is 2.62. The summed E-state index contributed by atoms with van der Waals surface area (Å²) in [6, 6.07) is 0. The third kappa shape index (κ3) is 6.47. The standard InChI is InChI=1S/C20H46N4O/c1-10-18(21(9)17(8)25)24(19(11-2)22(13-4)14-5)20(12-3)23(15-6)16-7/h17-20,25H,10-16H2,1-9H3. The summed E-state index contributed by atoms with van der Waals surface area (Å²) in [5.74, 6) is 0. The van der Waals surface area contributed by atoms with Gasteiger partial charge < -0.3 is 5.11 Å². The van der Waals surface area contributed by atoms with Crippen LogP contribution in [-0.4, -0.2) is 82.7 Å². The molecule has 0 aromatic carbocycles. The molecule has 5 nitrogen and oxygen atoms in total. The van der Waals surface area contributed by atoms with Crippen LogP contribution in [0.25, 0.3) is 0 Å². The van der Waals surface area contributed by atoms with E-state index >= 15 is 0 Å². The lowest BCUT2D eigenvalue weighted by atomic mass is 10.1. The summed E-state index contributed by atoms with van der Waals surface area (Å²) in [7, 11) is 2.05. The summed E-state index contributed by atoms with van der Waals surface area (Å²) in [5.41, 5.74) is 0. The number of hydrogen-bond donors (Lipinski definition) is 1. The van der Waals surface area contributed by atoms with Gasteiger partial charge in [0.05, 0.1) is 18.5 Å². The number of rotatable bonds is 14. The zero-order valence-corrected chi connectivity index (χ0v) is 18.5. The highest BCUT2D eigenvalue weighted by Gasteiger charge is 2.37. The Morgan fingerprint density at radius 3 is 1.16 bits per heavy atom. The van der Waals surface area contributed by atoms with E-state index in [2.05, 4.69) is 75.1 Å². The molecule has 0 fully saturated rings. The molecule has 152 valence electrons. The van der Waals surface area contributed by atoms with Gasteiger partial charge >= 0.3 is 0 Å². The zero-order chi connectivity index (χ0) is 19.6. The number of aliphatic hydroxyl groups is 1. The molecule has 4 unspecified atom stereocenters. The van der Waals surface area contributed by atoms with Crippen molar-refractivity contribution in [2.45, 2.75) is 99.4 Å². The van der Waals surface area contributed by atoms with E-state index in [1.807, 2.05) is 6.92 Å². The first-order chi connectivity index (χ1) is 11.9. The molecule has 0 heterocycles. The molecule has 0 spiro atoms. The third-order valence-corrected chi connectivity index (χ3v) is 5.66. The first-order valence-electron chi connectivity index (χ1n) is 10.5. The quantitative estimate of drug-likeness (QED) is 0.481. The first-order valence-corrected chi connectivity index (χ1v) is 10.5. The van der Waals surface area contributed by atoms with Crippen LogP contribution >= 0.6 is 0 Å². The fourth-order valence-electron chi connectivity index (χ4n) is 4.16. The lowest BCUT2D eigenvalue weighted by Crippen LogP contribution is -2.64. The average molecular weight is 359 g/mol. The SMILES string of the molecule is CCC(N(CC)CC)N(C(CC)N(CC)CC)C(CC)N(C)C(C)O. The third-order valence-electron chi connectivity index (χ3n) is 5.66. The van der Waals surface area contributed by atoms with Gasteiger partial charge in [0.1, 0.15) is 6.23 Å². The van der Waals surface area contributed by atoms with E-state index in [4.69, 9.17) is 0 Å². The molecule has 0 aliphatic carbocycles. The smallest absolute Gasteiger partial charge is 0.105 e. The van der Waals surface area contributed by atoms with Crippen molar-refractivity contribution >= 4 is 0 Å². The van der Waals surface area contributed by atoms with Crippen LogP contribution in [0.15, 0.2) is 0 Å². The Kier molecular flexibility index (Phi) is 12.9. The molecule has 0 aromatic rings. The maximum Gasteiger partial charge on any atom is 0.105 e. The second-order valence-corrected chi connectivity index (χ2v) is 6.85. The number of nitrogens with zero attached hydrogens (tertiary/aromatic N) is 4. The Labute approximate surface area is 158 Å². The molecule has 0 radical (unpaired) electrons. The highest BCUT2D eigenvalue weighted by atomic mass is 16.3. The fourth-order valence-corrected chi connectivity index (χ4v) is 4.16. The molecule has 5 heteroatoms. The summed E-state index contributed by atoms with van der Waals surface area (Å²) in [6.45, 7) is 21.9. The molecule has 0 amide bonds. The van der Waals surface area contributed by atoms with Crippen molar-refractivity contribution in [1.82, 2.24) is 19.6 Å². The van der Waals surface area contributed by atoms with Gasteiger partial charge in [0.25, 0.3) is 0 Å². The van der Waals surface area contributed by atoms with E-state index in [1.165, 1.54) is 0 Å². The van der Waals surface area contributed by atoms with Gasteiger partial charge in [-0.3, -0.25) is 19.6 Å². The predicted molar refractivity (Wildman–Crippen MR) is 109 cm³/mol. The topological polar surface area (TPSA) is 33.2 Å². The summed E-state index contributed by atoms with van der Waals surface area (Å²) in [5, 5.41) is 10.3. The molecule has 0 saturated carbocycles. The van der Waals surface area contributed by atoms with Crippen LogP contribution in [0.4, 0.5) is 0 Å². The largest absolute Gasteiger partial charge is 0.379 e. The second-order valence-electron chi connectivity index (χ2n) is 6.85. The normalized spacial score (nSPS) is 17.5. The van der Waals surface area contributed by atoms with Gasteiger partial charge in [0, 0.05) is 0 Å². The summed E-state index contributed by atoms with van der Waals surface area (Å²) < 4.78 is 0. The Morgan fingerprint density at radius 2 is 0.960 bits per heavy atom. The van der Waals surface area contributed by atoms with Crippen molar-refractivity contribution in [3.8, 4) is 0 Å². The molecule has 0 aliphatic heterocycles. The minimum absolute atomic E-state index is 0.219. The Hall–Kier alpha value is -0.200. The van der Waals surface area contributed by atoms with Crippen molar-refractivity contribution in [2.75, 3.05) is 33.2 Å². The molecule has 0 rings (SSSR count). The van der Waals surface area contributed by atoms with Gasteiger partial charge in [0.2, 0.25) is 0 Å². The van der Waals surface area contributed by atoms with Crippen LogP contribution in [0.2, 0.25) is 0 Å². The minimum atomic E-state index is -0.448. The lowest BCUT2D eigenvalue weighted by molar-refractivity contribution is -0.141. The molecular formula is C20H46N4O. The summed E-state index contributed by atoms with van der Waals surface area (Å²) in [4.78, 5) is 9.92. The summed E-state index contributed by atoms with van der Waals surface area (Å²) in [6.07, 6.45) is 3.70. The highest BCUT2D eigenvalue weighted by molar-refractivity contribution is 4.84. The van der Waals surface area contributed by atoms with E-state index in [0.29, 0.717) is 12.3 Å². The monoisotopic (exact) mass is 358 g/mol. The van der Waals surface area contributed by atoms with E-state index < -0.39 is 6.23 Å². The van der Waals surface area contributed by atoms with Crippen LogP contribution in [0.1, 0.15) is 74.7 Å². The van der Waals surface area contributed by atoms with Gasteiger partial charge in [-0.1, -0.05) is 48.5 Å². The van der Waals surface area contributed by atoms with Crippen molar-refractivity contribution in [3.63, 3.8) is 0 Å². The maximum atomic E-state index is 10.3. The Bertz CT molecular complexity index is 285. The van der Waals surface area contributed by atoms with Crippen molar-refractivity contribution in [2.24, 2.45) is 0 Å². The van der Waals surface area contributed by atoms with Crippen LogP contribution in [0.5, 0.6) is 0 Å². The Morgan fingerprint density at radius 1 is 0.640 bits per heavy atom. The van der Waals surface area contributed by atoms with Gasteiger partial charge in [-0.15, -0.1) is 0 Å². The van der Waals surface area contributed by atoms with Gasteiger partial charge in [0.15, 0.2) is 0 Å². The van der Waals surface area contributed by atoms with Crippen molar-refractivity contribution in [1.29, 1.82) is 0 Å². The highest BCUT2D eigenvalue weighted by Crippen LogP contribution is 2.25. The van der Waals surface area contributed by atoms with E-state index in [-0.39, 0.29) is 6.17 Å². The van der Waals surface area contributed by atoms with E-state index in [0.717, 1.165) is 45.4 Å². The summed E-state index contributed by atoms with van der Waals surface area (Å²) >= 11 is 0. The number of aliphatic hydroxyl groups excluding tert-OH is 1. The van der Waals surface area contributed by atoms with Gasteiger partial charge in [-0.2, -0.15) is 0 Å². The predicted octanol–water partition coefficient (Wildman–Crippen LogP) is 3.45. The first kappa shape index (κ1) is 24.8. The van der Waals surface area contributed by atoms with Crippen LogP contribution in [0, 0.1) is 0 Å². The maximum absolute atomic E-state index is 10.3. The minimum Gasteiger partial charge on any atom is -0.379 e. The Balaban J connectivity index is 6.05. The molecule has 0 saturated heterocycles. The van der Waals surface area contributed by atoms with Crippen molar-refractivity contribution < 1.29 is 5.11 Å². The van der Waals surface area contributed by atoms with E-state index in [1.54, 1.807) is 0 Å². The lowest BCUT2D eigenvalue weighted by Gasteiger charge is -2.52. The molecule has 0 bridgehead atoms. The fraction of sp³-hybridized carbons (Fsp3) is 1.00. The van der Waals surface area contributed by atoms with Crippen LogP contribution in [-0.2, 0) is 0 Å². The molecular weight excluding hydrogens is 312 g/mol. The van der Waals surface area contributed by atoms with Crippen molar-refractivity contribution in [3.05, 3.63) is 0 Å². The van der Waals surface area contributed by atoms with Gasteiger partial charge in [-0.05, 0) is 59.4 Å². The van der Waals surface area contributed by atoms with Gasteiger partial charge in [-0.25, -0.2) is 0 Å². The van der Waals surface area contributed by atoms with E-state index in [9.17, 15) is 5.11 Å². The molecule has 4 atom stereocenters. The molecule has 0 aromatic heterocycles. The second kappa shape index (κ2) is 13.0. The molecule has 1 N–H and O–H groups in total. The van der Waals surface area contributed by atoms with Crippen LogP contribution < -0.4 is 0 Å². The number of hydrogen-bond acceptors (Lipinski definition) is 5. The molecule has 25 heavy (non-hydrogen) atoms. The zero-order valence-electron chi connectivity index (χ0n) is 18.5.